The van der Waals surface area contributed by atoms with Crippen molar-refractivity contribution in [1.82, 2.24) is 24.6 Å². The van der Waals surface area contributed by atoms with Crippen molar-refractivity contribution in [3.8, 4) is 78.9 Å². The minimum absolute atomic E-state index is 0.553. The van der Waals surface area contributed by atoms with Crippen LogP contribution in [-0.4, -0.2) is 24.6 Å². The van der Waals surface area contributed by atoms with Gasteiger partial charge >= 0.3 is 0 Å². The van der Waals surface area contributed by atoms with Crippen LogP contribution in [-0.2, 0) is 5.41 Å². The number of hydrogen-bond donors (Lipinski definition) is 0. The summed E-state index contributed by atoms with van der Waals surface area (Å²) in [7, 11) is 0. The maximum atomic E-state index is 5.43. The number of hydrogen-bond acceptors (Lipinski definition) is 4. The second-order valence-electron chi connectivity index (χ2n) is 17.4. The summed E-state index contributed by atoms with van der Waals surface area (Å²) in [5.74, 6) is 1.83. The molecule has 0 fully saturated rings. The third-order valence-electron chi connectivity index (χ3n) is 13.6. The van der Waals surface area contributed by atoms with Gasteiger partial charge in [-0.25, -0.2) is 19.5 Å². The lowest BCUT2D eigenvalue weighted by molar-refractivity contribution is 0.768. The van der Waals surface area contributed by atoms with E-state index in [9.17, 15) is 0 Å². The van der Waals surface area contributed by atoms with Gasteiger partial charge in [0.1, 0.15) is 5.69 Å². The maximum Gasteiger partial charge on any atom is 0.164 e. The highest BCUT2D eigenvalue weighted by atomic mass is 15.2. The molecule has 12 aromatic rings. The third kappa shape index (κ3) is 6.32. The van der Waals surface area contributed by atoms with E-state index < -0.39 is 5.41 Å². The molecule has 318 valence electrons. The summed E-state index contributed by atoms with van der Waals surface area (Å²) in [6, 6.07) is 88.1. The first-order valence-corrected chi connectivity index (χ1v) is 23.1. The fourth-order valence-corrected chi connectivity index (χ4v) is 10.5. The third-order valence-corrected chi connectivity index (χ3v) is 13.6. The van der Waals surface area contributed by atoms with Crippen molar-refractivity contribution in [3.05, 3.63) is 271 Å². The molecule has 1 aliphatic carbocycles. The predicted molar refractivity (Wildman–Crippen MR) is 276 cm³/mol. The van der Waals surface area contributed by atoms with Crippen LogP contribution in [0.25, 0.3) is 95.2 Å². The van der Waals surface area contributed by atoms with Gasteiger partial charge in [-0.05, 0) is 56.5 Å². The van der Waals surface area contributed by atoms with Gasteiger partial charge < -0.3 is 0 Å². The first kappa shape index (κ1) is 39.3. The molecule has 0 amide bonds. The molecule has 0 aliphatic heterocycles. The Bertz CT molecular complexity index is 3770. The summed E-state index contributed by atoms with van der Waals surface area (Å²) in [6.45, 7) is 0. The Balaban J connectivity index is 0.993. The molecule has 3 heterocycles. The highest BCUT2D eigenvalue weighted by Crippen LogP contribution is 2.56. The van der Waals surface area contributed by atoms with Gasteiger partial charge in [-0.15, -0.1) is 0 Å². The Morgan fingerprint density at radius 1 is 0.338 bits per heavy atom. The van der Waals surface area contributed by atoms with Crippen LogP contribution < -0.4 is 0 Å². The number of pyridine rings is 1. The predicted octanol–water partition coefficient (Wildman–Crippen LogP) is 15.0. The zero-order chi connectivity index (χ0) is 45.0. The van der Waals surface area contributed by atoms with Crippen LogP contribution >= 0.6 is 0 Å². The van der Waals surface area contributed by atoms with Crippen LogP contribution in [0.1, 0.15) is 22.3 Å². The first-order valence-electron chi connectivity index (χ1n) is 23.1. The van der Waals surface area contributed by atoms with Crippen molar-refractivity contribution in [2.75, 3.05) is 0 Å². The lowest BCUT2D eigenvalue weighted by atomic mass is 9.67. The summed E-state index contributed by atoms with van der Waals surface area (Å²) in [4.78, 5) is 15.7. The molecule has 0 spiro atoms. The summed E-state index contributed by atoms with van der Waals surface area (Å²) in [6.07, 6.45) is 0. The normalized spacial score (nSPS) is 12.5. The smallest absolute Gasteiger partial charge is 0.164 e. The fraction of sp³-hybridized carbons (Fsp3) is 0.0159. The topological polar surface area (TPSA) is 56.0 Å². The number of fused-ring (bicyclic) bond motifs is 6. The summed E-state index contributed by atoms with van der Waals surface area (Å²) < 4.78 is 2.13. The van der Waals surface area contributed by atoms with Crippen LogP contribution in [0.5, 0.6) is 0 Å². The summed E-state index contributed by atoms with van der Waals surface area (Å²) in [5.41, 5.74) is 16.8. The SMILES string of the molecule is c1ccc(-c2nc(-c3ccc(-c4c(-c5ccccc5)nn5c(-c6ccccc6)cc6ccccc6c45)cc3)nc(-c3ccc4c(c3)C(c3ccccc3)(c3ccccc3)c3ccccc3-4)n2)cc1. The molecule has 9 aromatic carbocycles. The minimum atomic E-state index is -0.553. The number of aromatic nitrogens is 5. The minimum Gasteiger partial charge on any atom is -0.231 e. The molecule has 0 radical (unpaired) electrons. The standard InChI is InChI=1S/C63H41N5/c1-6-20-42(21-7-1)56-41-47-26-16-17-31-51(47)59-57(58(67-68(56)59)44-22-8-2-9-23-44)43-34-36-46(37-35-43)61-64-60(45-24-10-3-11-25-45)65-62(66-61)48-38-39-53-52-32-18-19-33-54(52)63(55(53)40-48,49-27-12-4-13-28-49)50-29-14-5-15-30-50/h1-41H. The number of rotatable bonds is 8. The number of nitrogens with zero attached hydrogens (tertiary/aromatic N) is 5. The molecule has 0 N–H and O–H groups in total. The van der Waals surface area contributed by atoms with Crippen LogP contribution in [0.4, 0.5) is 0 Å². The summed E-state index contributed by atoms with van der Waals surface area (Å²) in [5, 5.41) is 7.72. The van der Waals surface area contributed by atoms with E-state index in [0.29, 0.717) is 17.5 Å². The van der Waals surface area contributed by atoms with Crippen LogP contribution in [0.3, 0.4) is 0 Å². The Labute approximate surface area is 394 Å². The first-order chi connectivity index (χ1) is 33.7. The van der Waals surface area contributed by atoms with Crippen molar-refractivity contribution >= 4 is 16.3 Å². The van der Waals surface area contributed by atoms with Crippen molar-refractivity contribution in [1.29, 1.82) is 0 Å². The second-order valence-corrected chi connectivity index (χ2v) is 17.4. The number of benzene rings is 9. The average molecular weight is 868 g/mol. The van der Waals surface area contributed by atoms with Gasteiger partial charge in [0.05, 0.1) is 16.6 Å². The molecule has 0 atom stereocenters. The molecule has 1 aliphatic rings. The Kier molecular flexibility index (Phi) is 9.32. The van der Waals surface area contributed by atoms with Gasteiger partial charge in [-0.3, -0.25) is 0 Å². The molecule has 0 bridgehead atoms. The van der Waals surface area contributed by atoms with Gasteiger partial charge in [0.25, 0.3) is 0 Å². The quantitative estimate of drug-likeness (QED) is 0.153. The zero-order valence-electron chi connectivity index (χ0n) is 36.9. The van der Waals surface area contributed by atoms with Gasteiger partial charge in [0.2, 0.25) is 0 Å². The molecule has 0 unspecified atom stereocenters. The van der Waals surface area contributed by atoms with E-state index in [1.807, 2.05) is 18.2 Å². The van der Waals surface area contributed by atoms with Gasteiger partial charge in [-0.1, -0.05) is 237 Å². The van der Waals surface area contributed by atoms with Crippen molar-refractivity contribution in [2.24, 2.45) is 0 Å². The molecule has 0 saturated heterocycles. The molecular weight excluding hydrogens is 827 g/mol. The highest BCUT2D eigenvalue weighted by Gasteiger charge is 2.46. The van der Waals surface area contributed by atoms with E-state index in [2.05, 4.69) is 235 Å². The lowest BCUT2D eigenvalue weighted by Crippen LogP contribution is -2.28. The molecule has 0 saturated carbocycles. The molecule has 3 aromatic heterocycles. The van der Waals surface area contributed by atoms with Crippen LogP contribution in [0, 0.1) is 0 Å². The molecule has 13 rings (SSSR count). The van der Waals surface area contributed by atoms with E-state index in [1.54, 1.807) is 0 Å². The fourth-order valence-electron chi connectivity index (χ4n) is 10.5. The van der Waals surface area contributed by atoms with Crippen LogP contribution in [0.15, 0.2) is 249 Å². The zero-order valence-corrected chi connectivity index (χ0v) is 36.9. The van der Waals surface area contributed by atoms with Gasteiger partial charge in [-0.2, -0.15) is 5.10 Å². The van der Waals surface area contributed by atoms with E-state index in [0.717, 1.165) is 66.6 Å². The van der Waals surface area contributed by atoms with Crippen LogP contribution in [0.2, 0.25) is 0 Å². The van der Waals surface area contributed by atoms with Gasteiger partial charge in [0.15, 0.2) is 17.5 Å². The highest BCUT2D eigenvalue weighted by molar-refractivity contribution is 6.08. The average Bonchev–Trinajstić information content (AvgIpc) is 3.97. The van der Waals surface area contributed by atoms with E-state index in [1.165, 1.54) is 33.4 Å². The largest absolute Gasteiger partial charge is 0.231 e. The molecular formula is C63H41N5. The summed E-state index contributed by atoms with van der Waals surface area (Å²) >= 11 is 0. The molecule has 5 heteroatoms. The van der Waals surface area contributed by atoms with Gasteiger partial charge in [0, 0.05) is 38.8 Å². The molecule has 5 nitrogen and oxygen atoms in total. The molecule has 68 heavy (non-hydrogen) atoms. The second kappa shape index (κ2) is 16.1. The van der Waals surface area contributed by atoms with E-state index >= 15 is 0 Å². The van der Waals surface area contributed by atoms with E-state index in [-0.39, 0.29) is 0 Å². The van der Waals surface area contributed by atoms with E-state index in [4.69, 9.17) is 20.1 Å². The lowest BCUT2D eigenvalue weighted by Gasteiger charge is -2.34. The monoisotopic (exact) mass is 867 g/mol. The maximum absolute atomic E-state index is 5.43. The van der Waals surface area contributed by atoms with Crippen molar-refractivity contribution in [2.45, 2.75) is 5.41 Å². The Morgan fingerprint density at radius 2 is 0.809 bits per heavy atom. The Hall–Kier alpha value is -9.06. The van der Waals surface area contributed by atoms with Crippen molar-refractivity contribution < 1.29 is 0 Å². The Morgan fingerprint density at radius 3 is 1.46 bits per heavy atom. The van der Waals surface area contributed by atoms with Crippen molar-refractivity contribution in [3.63, 3.8) is 0 Å².